The monoisotopic (exact) mass is 150 g/mol. The SMILES string of the molecule is CCC1CCCc2cncn21. The van der Waals surface area contributed by atoms with Crippen molar-refractivity contribution in [2.24, 2.45) is 0 Å². The van der Waals surface area contributed by atoms with Gasteiger partial charge in [-0.15, -0.1) is 0 Å². The van der Waals surface area contributed by atoms with Crippen LogP contribution >= 0.6 is 0 Å². The third kappa shape index (κ3) is 1.06. The summed E-state index contributed by atoms with van der Waals surface area (Å²) in [7, 11) is 0. The van der Waals surface area contributed by atoms with Crippen molar-refractivity contribution in [3.63, 3.8) is 0 Å². The van der Waals surface area contributed by atoms with E-state index in [9.17, 15) is 0 Å². The van der Waals surface area contributed by atoms with Gasteiger partial charge >= 0.3 is 0 Å². The summed E-state index contributed by atoms with van der Waals surface area (Å²) in [6.45, 7) is 2.25. The highest BCUT2D eigenvalue weighted by Gasteiger charge is 2.16. The maximum atomic E-state index is 4.16. The summed E-state index contributed by atoms with van der Waals surface area (Å²) in [6, 6.07) is 0.723. The van der Waals surface area contributed by atoms with Crippen molar-refractivity contribution >= 4 is 0 Å². The molecule has 0 spiro atoms. The summed E-state index contributed by atoms with van der Waals surface area (Å²) < 4.78 is 2.34. The van der Waals surface area contributed by atoms with E-state index in [-0.39, 0.29) is 0 Å². The minimum absolute atomic E-state index is 0.723. The zero-order valence-corrected chi connectivity index (χ0v) is 6.95. The first-order valence-electron chi connectivity index (χ1n) is 4.42. The molecule has 2 heteroatoms. The van der Waals surface area contributed by atoms with E-state index in [1.54, 1.807) is 0 Å². The number of aryl methyl sites for hydroxylation is 1. The van der Waals surface area contributed by atoms with Crippen molar-refractivity contribution in [1.29, 1.82) is 0 Å². The molecule has 0 radical (unpaired) electrons. The topological polar surface area (TPSA) is 17.8 Å². The lowest BCUT2D eigenvalue weighted by Crippen LogP contribution is -2.15. The highest BCUT2D eigenvalue weighted by Crippen LogP contribution is 2.26. The molecule has 2 rings (SSSR count). The number of nitrogens with zero attached hydrogens (tertiary/aromatic N) is 2. The fourth-order valence-electron chi connectivity index (χ4n) is 1.91. The molecule has 60 valence electrons. The standard InChI is InChI=1S/C9H14N2/c1-2-8-4-3-5-9-6-10-7-11(8)9/h6-8H,2-5H2,1H3. The summed E-state index contributed by atoms with van der Waals surface area (Å²) >= 11 is 0. The Labute approximate surface area is 67.3 Å². The van der Waals surface area contributed by atoms with Gasteiger partial charge in [-0.2, -0.15) is 0 Å². The third-order valence-electron chi connectivity index (χ3n) is 2.58. The van der Waals surface area contributed by atoms with Crippen LogP contribution in [0.25, 0.3) is 0 Å². The Morgan fingerprint density at radius 3 is 3.45 bits per heavy atom. The van der Waals surface area contributed by atoms with E-state index in [0.717, 1.165) is 6.04 Å². The molecule has 1 aromatic rings. The Morgan fingerprint density at radius 2 is 2.64 bits per heavy atom. The van der Waals surface area contributed by atoms with Crippen LogP contribution in [0.5, 0.6) is 0 Å². The second-order valence-corrected chi connectivity index (χ2v) is 3.25. The second kappa shape index (κ2) is 2.68. The van der Waals surface area contributed by atoms with Gasteiger partial charge < -0.3 is 4.57 Å². The van der Waals surface area contributed by atoms with Crippen molar-refractivity contribution in [3.8, 4) is 0 Å². The lowest BCUT2D eigenvalue weighted by molar-refractivity contribution is 0.391. The average molecular weight is 150 g/mol. The highest BCUT2D eigenvalue weighted by molar-refractivity contribution is 5.03. The molecule has 1 aliphatic rings. The predicted molar refractivity (Wildman–Crippen MR) is 44.5 cm³/mol. The van der Waals surface area contributed by atoms with Crippen molar-refractivity contribution in [2.45, 2.75) is 38.6 Å². The Kier molecular flexibility index (Phi) is 1.68. The Morgan fingerprint density at radius 1 is 1.73 bits per heavy atom. The molecule has 2 heterocycles. The zero-order chi connectivity index (χ0) is 7.68. The molecular weight excluding hydrogens is 136 g/mol. The van der Waals surface area contributed by atoms with Crippen LogP contribution in [0.3, 0.4) is 0 Å². The molecule has 1 aromatic heterocycles. The molecule has 1 unspecified atom stereocenters. The van der Waals surface area contributed by atoms with Crippen LogP contribution in [0.1, 0.15) is 37.9 Å². The summed E-state index contributed by atoms with van der Waals surface area (Å²) in [4.78, 5) is 4.16. The molecule has 0 saturated heterocycles. The van der Waals surface area contributed by atoms with Gasteiger partial charge in [-0.05, 0) is 25.7 Å². The predicted octanol–water partition coefficient (Wildman–Crippen LogP) is 2.17. The van der Waals surface area contributed by atoms with E-state index in [0.29, 0.717) is 0 Å². The van der Waals surface area contributed by atoms with Crippen LogP contribution in [0.15, 0.2) is 12.5 Å². The van der Waals surface area contributed by atoms with E-state index in [1.807, 2.05) is 12.5 Å². The van der Waals surface area contributed by atoms with Gasteiger partial charge in [-0.25, -0.2) is 4.98 Å². The molecule has 1 aliphatic heterocycles. The molecule has 0 N–H and O–H groups in total. The van der Waals surface area contributed by atoms with E-state index >= 15 is 0 Å². The molecule has 11 heavy (non-hydrogen) atoms. The molecule has 0 aliphatic carbocycles. The summed E-state index contributed by atoms with van der Waals surface area (Å²) in [5, 5.41) is 0. The van der Waals surface area contributed by atoms with Crippen LogP contribution in [0, 0.1) is 0 Å². The fraction of sp³-hybridized carbons (Fsp3) is 0.667. The number of rotatable bonds is 1. The lowest BCUT2D eigenvalue weighted by Gasteiger charge is -2.23. The fourth-order valence-corrected chi connectivity index (χ4v) is 1.91. The molecule has 0 fully saturated rings. The molecule has 0 saturated carbocycles. The van der Waals surface area contributed by atoms with Crippen LogP contribution in [0.4, 0.5) is 0 Å². The maximum absolute atomic E-state index is 4.16. The van der Waals surface area contributed by atoms with Gasteiger partial charge in [0.25, 0.3) is 0 Å². The van der Waals surface area contributed by atoms with Crippen LogP contribution in [0.2, 0.25) is 0 Å². The number of imidazole rings is 1. The Balaban J connectivity index is 2.32. The summed E-state index contributed by atoms with van der Waals surface area (Å²) in [5.74, 6) is 0. The molecule has 1 atom stereocenters. The van der Waals surface area contributed by atoms with Gasteiger partial charge in [0.1, 0.15) is 0 Å². The van der Waals surface area contributed by atoms with E-state index < -0.39 is 0 Å². The van der Waals surface area contributed by atoms with Gasteiger partial charge in [0, 0.05) is 17.9 Å². The number of hydrogen-bond acceptors (Lipinski definition) is 1. The average Bonchev–Trinajstić information content (AvgIpc) is 2.50. The van der Waals surface area contributed by atoms with E-state index in [2.05, 4.69) is 16.5 Å². The van der Waals surface area contributed by atoms with Crippen molar-refractivity contribution in [2.75, 3.05) is 0 Å². The summed E-state index contributed by atoms with van der Waals surface area (Å²) in [6.07, 6.45) is 9.11. The van der Waals surface area contributed by atoms with Gasteiger partial charge in [0.05, 0.1) is 6.33 Å². The van der Waals surface area contributed by atoms with Crippen molar-refractivity contribution in [1.82, 2.24) is 9.55 Å². The normalized spacial score (nSPS) is 23.2. The van der Waals surface area contributed by atoms with Gasteiger partial charge in [0.15, 0.2) is 0 Å². The van der Waals surface area contributed by atoms with Crippen molar-refractivity contribution < 1.29 is 0 Å². The number of aromatic nitrogens is 2. The number of hydrogen-bond donors (Lipinski definition) is 0. The quantitative estimate of drug-likeness (QED) is 0.600. The lowest BCUT2D eigenvalue weighted by atomic mass is 10.0. The van der Waals surface area contributed by atoms with Crippen LogP contribution in [-0.4, -0.2) is 9.55 Å². The first-order chi connectivity index (χ1) is 5.42. The van der Waals surface area contributed by atoms with Gasteiger partial charge in [0.2, 0.25) is 0 Å². The van der Waals surface area contributed by atoms with E-state index in [4.69, 9.17) is 0 Å². The highest BCUT2D eigenvalue weighted by atomic mass is 15.1. The molecular formula is C9H14N2. The first kappa shape index (κ1) is 6.89. The first-order valence-corrected chi connectivity index (χ1v) is 4.42. The third-order valence-corrected chi connectivity index (χ3v) is 2.58. The molecule has 0 bridgehead atoms. The maximum Gasteiger partial charge on any atom is 0.0950 e. The Bertz CT molecular complexity index is 239. The Hall–Kier alpha value is -0.790. The minimum atomic E-state index is 0.723. The van der Waals surface area contributed by atoms with Crippen LogP contribution in [-0.2, 0) is 6.42 Å². The summed E-state index contributed by atoms with van der Waals surface area (Å²) in [5.41, 5.74) is 1.42. The minimum Gasteiger partial charge on any atom is -0.332 e. The molecule has 0 aromatic carbocycles. The number of fused-ring (bicyclic) bond motifs is 1. The smallest absolute Gasteiger partial charge is 0.0950 e. The van der Waals surface area contributed by atoms with Crippen molar-refractivity contribution in [3.05, 3.63) is 18.2 Å². The van der Waals surface area contributed by atoms with Gasteiger partial charge in [-0.1, -0.05) is 6.92 Å². The zero-order valence-electron chi connectivity index (χ0n) is 6.95. The van der Waals surface area contributed by atoms with Gasteiger partial charge in [-0.3, -0.25) is 0 Å². The van der Waals surface area contributed by atoms with Crippen LogP contribution < -0.4 is 0 Å². The second-order valence-electron chi connectivity index (χ2n) is 3.25. The molecule has 2 nitrogen and oxygen atoms in total. The largest absolute Gasteiger partial charge is 0.332 e. The molecule has 0 amide bonds. The van der Waals surface area contributed by atoms with E-state index in [1.165, 1.54) is 31.4 Å².